The Morgan fingerprint density at radius 2 is 2.28 bits per heavy atom. The summed E-state index contributed by atoms with van der Waals surface area (Å²) in [4.78, 5) is 24.1. The van der Waals surface area contributed by atoms with Gasteiger partial charge in [-0.15, -0.1) is 0 Å². The Balaban J connectivity index is 2.14. The van der Waals surface area contributed by atoms with E-state index in [4.69, 9.17) is 5.11 Å². The SMILES string of the molecule is CC(Nc1cccc(N2CCCC2=O)c1)C(=O)O. The van der Waals surface area contributed by atoms with Crippen LogP contribution in [-0.2, 0) is 9.59 Å². The number of nitrogens with one attached hydrogen (secondary N) is 1. The van der Waals surface area contributed by atoms with Gasteiger partial charge in [-0.05, 0) is 31.5 Å². The Morgan fingerprint density at radius 3 is 2.89 bits per heavy atom. The minimum atomic E-state index is -0.905. The first-order chi connectivity index (χ1) is 8.58. The molecule has 1 saturated heterocycles. The molecule has 1 heterocycles. The number of aliphatic carboxylic acids is 1. The van der Waals surface area contributed by atoms with E-state index in [0.717, 1.165) is 18.7 Å². The number of benzene rings is 1. The predicted octanol–water partition coefficient (Wildman–Crippen LogP) is 1.70. The number of carboxylic acids is 1. The molecular weight excluding hydrogens is 232 g/mol. The Bertz CT molecular complexity index is 473. The highest BCUT2D eigenvalue weighted by molar-refractivity contribution is 5.95. The number of hydrogen-bond acceptors (Lipinski definition) is 3. The maximum Gasteiger partial charge on any atom is 0.325 e. The molecule has 0 radical (unpaired) electrons. The van der Waals surface area contributed by atoms with Crippen LogP contribution in [0, 0.1) is 0 Å². The molecule has 1 aromatic rings. The van der Waals surface area contributed by atoms with E-state index >= 15 is 0 Å². The van der Waals surface area contributed by atoms with Gasteiger partial charge in [0.15, 0.2) is 0 Å². The molecule has 2 rings (SSSR count). The van der Waals surface area contributed by atoms with E-state index in [1.165, 1.54) is 0 Å². The van der Waals surface area contributed by atoms with Crippen molar-refractivity contribution < 1.29 is 14.7 Å². The summed E-state index contributed by atoms with van der Waals surface area (Å²) < 4.78 is 0. The third-order valence-electron chi connectivity index (χ3n) is 2.98. The Morgan fingerprint density at radius 1 is 1.50 bits per heavy atom. The Kier molecular flexibility index (Phi) is 3.50. The lowest BCUT2D eigenvalue weighted by atomic mass is 10.2. The van der Waals surface area contributed by atoms with Gasteiger partial charge in [0.2, 0.25) is 5.91 Å². The molecule has 1 unspecified atom stereocenters. The second-order valence-corrected chi connectivity index (χ2v) is 4.40. The lowest BCUT2D eigenvalue weighted by Gasteiger charge is -2.18. The molecule has 2 N–H and O–H groups in total. The van der Waals surface area contributed by atoms with Crippen LogP contribution < -0.4 is 10.2 Å². The first-order valence-electron chi connectivity index (χ1n) is 5.97. The molecule has 5 nitrogen and oxygen atoms in total. The number of hydrogen-bond donors (Lipinski definition) is 2. The minimum Gasteiger partial charge on any atom is -0.480 e. The van der Waals surface area contributed by atoms with E-state index in [1.807, 2.05) is 18.2 Å². The third kappa shape index (κ3) is 2.61. The maximum absolute atomic E-state index is 11.6. The molecule has 18 heavy (non-hydrogen) atoms. The number of rotatable bonds is 4. The molecule has 96 valence electrons. The smallest absolute Gasteiger partial charge is 0.325 e. The summed E-state index contributed by atoms with van der Waals surface area (Å²) in [5.74, 6) is -0.781. The van der Waals surface area contributed by atoms with E-state index in [2.05, 4.69) is 5.32 Å². The van der Waals surface area contributed by atoms with Gasteiger partial charge in [-0.1, -0.05) is 6.07 Å². The van der Waals surface area contributed by atoms with Crippen molar-refractivity contribution >= 4 is 23.3 Å². The van der Waals surface area contributed by atoms with Gasteiger partial charge in [-0.3, -0.25) is 9.59 Å². The predicted molar refractivity (Wildman–Crippen MR) is 68.7 cm³/mol. The normalized spacial score (nSPS) is 16.7. The molecule has 1 atom stereocenters. The number of amides is 1. The average Bonchev–Trinajstić information content (AvgIpc) is 2.75. The van der Waals surface area contributed by atoms with Gasteiger partial charge in [0.1, 0.15) is 6.04 Å². The monoisotopic (exact) mass is 248 g/mol. The lowest BCUT2D eigenvalue weighted by Crippen LogP contribution is -2.26. The summed E-state index contributed by atoms with van der Waals surface area (Å²) in [6.07, 6.45) is 1.46. The molecule has 1 aliphatic rings. The van der Waals surface area contributed by atoms with Gasteiger partial charge in [0.25, 0.3) is 0 Å². The van der Waals surface area contributed by atoms with Crippen molar-refractivity contribution in [2.45, 2.75) is 25.8 Å². The fourth-order valence-corrected chi connectivity index (χ4v) is 2.00. The van der Waals surface area contributed by atoms with Crippen LogP contribution in [0.1, 0.15) is 19.8 Å². The topological polar surface area (TPSA) is 69.6 Å². The standard InChI is InChI=1S/C13H16N2O3/c1-9(13(17)18)14-10-4-2-5-11(8-10)15-7-3-6-12(15)16/h2,4-5,8-9,14H,3,6-7H2,1H3,(H,17,18). The van der Waals surface area contributed by atoms with Crippen LogP contribution in [0.5, 0.6) is 0 Å². The van der Waals surface area contributed by atoms with Gasteiger partial charge < -0.3 is 15.3 Å². The van der Waals surface area contributed by atoms with E-state index in [-0.39, 0.29) is 5.91 Å². The third-order valence-corrected chi connectivity index (χ3v) is 2.98. The second kappa shape index (κ2) is 5.08. The van der Waals surface area contributed by atoms with Crippen LogP contribution in [0.2, 0.25) is 0 Å². The quantitative estimate of drug-likeness (QED) is 0.850. The van der Waals surface area contributed by atoms with E-state index in [9.17, 15) is 9.59 Å². The molecule has 1 aromatic carbocycles. The van der Waals surface area contributed by atoms with Crippen LogP contribution in [0.4, 0.5) is 11.4 Å². The fourth-order valence-electron chi connectivity index (χ4n) is 2.00. The van der Waals surface area contributed by atoms with Crippen molar-refractivity contribution in [2.24, 2.45) is 0 Å². The highest BCUT2D eigenvalue weighted by Gasteiger charge is 2.21. The van der Waals surface area contributed by atoms with E-state index in [1.54, 1.807) is 17.9 Å². The minimum absolute atomic E-state index is 0.124. The molecule has 5 heteroatoms. The van der Waals surface area contributed by atoms with Crippen molar-refractivity contribution in [3.63, 3.8) is 0 Å². The van der Waals surface area contributed by atoms with Crippen molar-refractivity contribution in [3.8, 4) is 0 Å². The van der Waals surface area contributed by atoms with E-state index < -0.39 is 12.0 Å². The lowest BCUT2D eigenvalue weighted by molar-refractivity contribution is -0.137. The van der Waals surface area contributed by atoms with E-state index in [0.29, 0.717) is 12.1 Å². The average molecular weight is 248 g/mol. The zero-order valence-corrected chi connectivity index (χ0v) is 10.2. The molecule has 1 fully saturated rings. The number of carboxylic acid groups (broad SMARTS) is 1. The number of nitrogens with zero attached hydrogens (tertiary/aromatic N) is 1. The Labute approximate surface area is 105 Å². The maximum atomic E-state index is 11.6. The van der Waals surface area contributed by atoms with Crippen LogP contribution >= 0.6 is 0 Å². The van der Waals surface area contributed by atoms with Gasteiger partial charge in [-0.25, -0.2) is 0 Å². The summed E-state index contributed by atoms with van der Waals surface area (Å²) in [5, 5.41) is 11.7. The van der Waals surface area contributed by atoms with Crippen molar-refractivity contribution in [1.29, 1.82) is 0 Å². The largest absolute Gasteiger partial charge is 0.480 e. The van der Waals surface area contributed by atoms with Gasteiger partial charge in [0, 0.05) is 24.3 Å². The molecule has 1 amide bonds. The highest BCUT2D eigenvalue weighted by atomic mass is 16.4. The summed E-state index contributed by atoms with van der Waals surface area (Å²) >= 11 is 0. The number of anilines is 2. The van der Waals surface area contributed by atoms with Crippen molar-refractivity contribution in [1.82, 2.24) is 0 Å². The molecule has 0 spiro atoms. The molecule has 0 aliphatic carbocycles. The zero-order chi connectivity index (χ0) is 13.1. The molecular formula is C13H16N2O3. The Hall–Kier alpha value is -2.04. The zero-order valence-electron chi connectivity index (χ0n) is 10.2. The second-order valence-electron chi connectivity index (χ2n) is 4.40. The first-order valence-corrected chi connectivity index (χ1v) is 5.97. The highest BCUT2D eigenvalue weighted by Crippen LogP contribution is 2.24. The molecule has 0 bridgehead atoms. The molecule has 0 saturated carbocycles. The van der Waals surface area contributed by atoms with Crippen LogP contribution in [0.3, 0.4) is 0 Å². The van der Waals surface area contributed by atoms with Gasteiger partial charge in [-0.2, -0.15) is 0 Å². The van der Waals surface area contributed by atoms with Gasteiger partial charge >= 0.3 is 5.97 Å². The first kappa shape index (κ1) is 12.4. The summed E-state index contributed by atoms with van der Waals surface area (Å²) in [6, 6.07) is 6.62. The van der Waals surface area contributed by atoms with Crippen LogP contribution in [0.15, 0.2) is 24.3 Å². The molecule has 1 aliphatic heterocycles. The number of carbonyl (C=O) groups excluding carboxylic acids is 1. The van der Waals surface area contributed by atoms with Crippen molar-refractivity contribution in [3.05, 3.63) is 24.3 Å². The van der Waals surface area contributed by atoms with Crippen LogP contribution in [0.25, 0.3) is 0 Å². The van der Waals surface area contributed by atoms with Gasteiger partial charge in [0.05, 0.1) is 0 Å². The fraction of sp³-hybridized carbons (Fsp3) is 0.385. The summed E-state index contributed by atoms with van der Waals surface area (Å²) in [7, 11) is 0. The number of carbonyl (C=O) groups is 2. The van der Waals surface area contributed by atoms with Crippen LogP contribution in [-0.4, -0.2) is 29.6 Å². The summed E-state index contributed by atoms with van der Waals surface area (Å²) in [6.45, 7) is 2.31. The van der Waals surface area contributed by atoms with Crippen molar-refractivity contribution in [2.75, 3.05) is 16.8 Å². The summed E-state index contributed by atoms with van der Waals surface area (Å²) in [5.41, 5.74) is 1.53. The molecule has 0 aromatic heterocycles.